The van der Waals surface area contributed by atoms with Crippen molar-refractivity contribution in [3.8, 4) is 0 Å². The van der Waals surface area contributed by atoms with Crippen LogP contribution in [0.5, 0.6) is 0 Å². The standard InChI is InChI=1S/C22H21ClF2N6O2/c1-12-7-29(8-13(2)33-12)9-14-3-16-20(26-6-14)30(22(32)31-21(16)27-11-28-31)10-17-18(24)4-15(23)5-19(17)25/h3-6,11-13H,7-10H2,1-2H3/t12-,13+. The van der Waals surface area contributed by atoms with E-state index in [0.717, 1.165) is 35.3 Å². The normalized spacial score (nSPS) is 19.5. The van der Waals surface area contributed by atoms with E-state index in [2.05, 4.69) is 20.0 Å². The van der Waals surface area contributed by atoms with Gasteiger partial charge in [-0.2, -0.15) is 9.61 Å². The Morgan fingerprint density at radius 1 is 1.06 bits per heavy atom. The molecule has 1 aliphatic rings. The van der Waals surface area contributed by atoms with Crippen molar-refractivity contribution in [3.05, 3.63) is 69.0 Å². The molecular formula is C22H21ClF2N6O2. The van der Waals surface area contributed by atoms with E-state index in [9.17, 15) is 13.6 Å². The predicted molar refractivity (Wildman–Crippen MR) is 118 cm³/mol. The number of benzene rings is 1. The number of pyridine rings is 1. The quantitative estimate of drug-likeness (QED) is 0.452. The van der Waals surface area contributed by atoms with E-state index in [4.69, 9.17) is 16.3 Å². The lowest BCUT2D eigenvalue weighted by molar-refractivity contribution is -0.0705. The molecule has 1 fully saturated rings. The fourth-order valence-electron chi connectivity index (χ4n) is 4.43. The first-order valence-electron chi connectivity index (χ1n) is 10.5. The molecule has 172 valence electrons. The molecule has 0 N–H and O–H groups in total. The molecule has 0 radical (unpaired) electrons. The van der Waals surface area contributed by atoms with E-state index in [0.29, 0.717) is 17.6 Å². The van der Waals surface area contributed by atoms with Crippen LogP contribution in [0.2, 0.25) is 5.02 Å². The molecule has 4 aromatic rings. The number of halogens is 3. The molecule has 0 unspecified atom stereocenters. The fourth-order valence-corrected chi connectivity index (χ4v) is 4.62. The molecule has 2 atom stereocenters. The van der Waals surface area contributed by atoms with Crippen LogP contribution in [0, 0.1) is 11.6 Å². The van der Waals surface area contributed by atoms with Crippen LogP contribution in [0.15, 0.2) is 35.5 Å². The highest BCUT2D eigenvalue weighted by atomic mass is 35.5. The summed E-state index contributed by atoms with van der Waals surface area (Å²) >= 11 is 5.74. The summed E-state index contributed by atoms with van der Waals surface area (Å²) < 4.78 is 37.0. The molecule has 11 heteroatoms. The summed E-state index contributed by atoms with van der Waals surface area (Å²) in [6.07, 6.45) is 3.19. The molecule has 0 bridgehead atoms. The zero-order chi connectivity index (χ0) is 23.3. The van der Waals surface area contributed by atoms with E-state index < -0.39 is 17.3 Å². The number of aromatic nitrogens is 5. The van der Waals surface area contributed by atoms with Gasteiger partial charge in [-0.1, -0.05) is 11.6 Å². The Morgan fingerprint density at radius 3 is 2.45 bits per heavy atom. The van der Waals surface area contributed by atoms with Crippen LogP contribution in [0.4, 0.5) is 8.78 Å². The van der Waals surface area contributed by atoms with Crippen LogP contribution in [-0.4, -0.2) is 54.3 Å². The summed E-state index contributed by atoms with van der Waals surface area (Å²) in [7, 11) is 0. The third-order valence-electron chi connectivity index (χ3n) is 5.70. The summed E-state index contributed by atoms with van der Waals surface area (Å²) in [6.45, 7) is 5.92. The van der Waals surface area contributed by atoms with E-state index in [1.165, 1.54) is 10.9 Å². The van der Waals surface area contributed by atoms with Crippen molar-refractivity contribution in [2.75, 3.05) is 13.1 Å². The number of hydrogen-bond donors (Lipinski definition) is 0. The van der Waals surface area contributed by atoms with E-state index in [1.54, 1.807) is 6.20 Å². The van der Waals surface area contributed by atoms with Crippen molar-refractivity contribution >= 4 is 28.3 Å². The highest BCUT2D eigenvalue weighted by molar-refractivity contribution is 6.30. The molecule has 0 aliphatic carbocycles. The predicted octanol–water partition coefficient (Wildman–Crippen LogP) is 3.03. The molecule has 0 amide bonds. The molecule has 1 aliphatic heterocycles. The van der Waals surface area contributed by atoms with Gasteiger partial charge in [0.25, 0.3) is 0 Å². The van der Waals surface area contributed by atoms with Gasteiger partial charge in [-0.3, -0.25) is 9.47 Å². The molecule has 0 saturated carbocycles. The summed E-state index contributed by atoms with van der Waals surface area (Å²) in [5, 5.41) is 4.50. The number of fused-ring (bicyclic) bond motifs is 3. The van der Waals surface area contributed by atoms with Crippen molar-refractivity contribution in [2.45, 2.75) is 39.1 Å². The van der Waals surface area contributed by atoms with Gasteiger partial charge < -0.3 is 4.74 Å². The van der Waals surface area contributed by atoms with Gasteiger partial charge in [0.1, 0.15) is 23.6 Å². The third kappa shape index (κ3) is 4.09. The summed E-state index contributed by atoms with van der Waals surface area (Å²) in [6, 6.07) is 3.91. The Morgan fingerprint density at radius 2 is 1.76 bits per heavy atom. The minimum atomic E-state index is -0.842. The highest BCUT2D eigenvalue weighted by Crippen LogP contribution is 2.23. The number of ether oxygens (including phenoxy) is 1. The molecule has 5 rings (SSSR count). The highest BCUT2D eigenvalue weighted by Gasteiger charge is 2.23. The van der Waals surface area contributed by atoms with Gasteiger partial charge in [0.2, 0.25) is 0 Å². The van der Waals surface area contributed by atoms with E-state index in [-0.39, 0.29) is 35.0 Å². The molecular weight excluding hydrogens is 454 g/mol. The Kier molecular flexibility index (Phi) is 5.59. The number of hydrogen-bond acceptors (Lipinski definition) is 6. The first kappa shape index (κ1) is 21.9. The van der Waals surface area contributed by atoms with Crippen LogP contribution in [-0.2, 0) is 17.8 Å². The summed E-state index contributed by atoms with van der Waals surface area (Å²) in [5.74, 6) is -1.68. The Hall–Kier alpha value is -2.95. The van der Waals surface area contributed by atoms with Crippen molar-refractivity contribution < 1.29 is 13.5 Å². The van der Waals surface area contributed by atoms with Crippen molar-refractivity contribution in [2.24, 2.45) is 0 Å². The number of morpholine rings is 1. The topological polar surface area (TPSA) is 77.6 Å². The average molecular weight is 475 g/mol. The third-order valence-corrected chi connectivity index (χ3v) is 5.92. The maximum absolute atomic E-state index is 14.5. The maximum atomic E-state index is 14.5. The van der Waals surface area contributed by atoms with Crippen molar-refractivity contribution in [1.82, 2.24) is 29.0 Å². The zero-order valence-corrected chi connectivity index (χ0v) is 18.8. The minimum Gasteiger partial charge on any atom is -0.373 e. The molecule has 3 aromatic heterocycles. The van der Waals surface area contributed by atoms with Gasteiger partial charge in [-0.15, -0.1) is 0 Å². The molecule has 33 heavy (non-hydrogen) atoms. The lowest BCUT2D eigenvalue weighted by atomic mass is 10.1. The van der Waals surface area contributed by atoms with Crippen LogP contribution in [0.3, 0.4) is 0 Å². The van der Waals surface area contributed by atoms with Crippen molar-refractivity contribution in [1.29, 1.82) is 0 Å². The first-order chi connectivity index (χ1) is 15.8. The van der Waals surface area contributed by atoms with Crippen LogP contribution in [0.1, 0.15) is 25.0 Å². The number of rotatable bonds is 4. The van der Waals surface area contributed by atoms with Crippen LogP contribution in [0.25, 0.3) is 16.7 Å². The van der Waals surface area contributed by atoms with E-state index in [1.807, 2.05) is 19.9 Å². The van der Waals surface area contributed by atoms with Crippen LogP contribution < -0.4 is 5.69 Å². The van der Waals surface area contributed by atoms with Crippen LogP contribution >= 0.6 is 11.6 Å². The van der Waals surface area contributed by atoms with Gasteiger partial charge in [0.15, 0.2) is 5.65 Å². The molecule has 0 spiro atoms. The average Bonchev–Trinajstić information content (AvgIpc) is 3.22. The number of nitrogens with zero attached hydrogens (tertiary/aromatic N) is 6. The molecule has 1 aromatic carbocycles. The minimum absolute atomic E-state index is 0.0628. The van der Waals surface area contributed by atoms with Gasteiger partial charge in [0.05, 0.1) is 24.1 Å². The second-order valence-corrected chi connectivity index (χ2v) is 8.81. The SMILES string of the molecule is C[C@@H]1CN(Cc2cnc3c(c2)c2ncnn2c(=O)n3Cc2c(F)cc(Cl)cc2F)C[C@H](C)O1. The molecule has 1 saturated heterocycles. The lowest BCUT2D eigenvalue weighted by Crippen LogP contribution is -2.44. The lowest BCUT2D eigenvalue weighted by Gasteiger charge is -2.35. The smallest absolute Gasteiger partial charge is 0.352 e. The Labute approximate surface area is 192 Å². The van der Waals surface area contributed by atoms with Gasteiger partial charge >= 0.3 is 5.69 Å². The zero-order valence-electron chi connectivity index (χ0n) is 18.0. The Balaban J connectivity index is 1.60. The van der Waals surface area contributed by atoms with Crippen molar-refractivity contribution in [3.63, 3.8) is 0 Å². The monoisotopic (exact) mass is 474 g/mol. The second kappa shape index (κ2) is 8.44. The largest absolute Gasteiger partial charge is 0.373 e. The Bertz CT molecular complexity index is 1390. The van der Waals surface area contributed by atoms with Gasteiger partial charge in [-0.25, -0.2) is 23.5 Å². The summed E-state index contributed by atoms with van der Waals surface area (Å²) in [4.78, 5) is 24.1. The fraction of sp³-hybridized carbons (Fsp3) is 0.364. The maximum Gasteiger partial charge on any atom is 0.352 e. The van der Waals surface area contributed by atoms with Gasteiger partial charge in [-0.05, 0) is 37.6 Å². The van der Waals surface area contributed by atoms with Gasteiger partial charge in [0, 0.05) is 36.4 Å². The van der Waals surface area contributed by atoms with E-state index >= 15 is 0 Å². The molecule has 8 nitrogen and oxygen atoms in total. The first-order valence-corrected chi connectivity index (χ1v) is 10.9. The second-order valence-electron chi connectivity index (χ2n) is 8.38. The summed E-state index contributed by atoms with van der Waals surface area (Å²) in [5.41, 5.74) is 0.634. The molecule has 4 heterocycles.